The Morgan fingerprint density at radius 3 is 2.67 bits per heavy atom. The second-order valence-electron chi connectivity index (χ2n) is 4.11. The first kappa shape index (κ1) is 12.1. The first-order valence-corrected chi connectivity index (χ1v) is 5.49. The Morgan fingerprint density at radius 2 is 2.06 bits per heavy atom. The maximum absolute atomic E-state index is 10.7. The van der Waals surface area contributed by atoms with E-state index in [1.807, 2.05) is 0 Å². The van der Waals surface area contributed by atoms with E-state index >= 15 is 0 Å². The van der Waals surface area contributed by atoms with Gasteiger partial charge in [0.05, 0.1) is 23.5 Å². The van der Waals surface area contributed by atoms with E-state index in [0.717, 1.165) is 5.69 Å². The lowest BCUT2D eigenvalue weighted by atomic mass is 10.1. The molecule has 0 aliphatic rings. The molecule has 1 unspecified atom stereocenters. The van der Waals surface area contributed by atoms with Crippen LogP contribution in [-0.4, -0.2) is 31.2 Å². The number of aromatic nitrogens is 3. The maximum Gasteiger partial charge on any atom is 0.306 e. The molecule has 2 aromatic rings. The van der Waals surface area contributed by atoms with E-state index in [1.54, 1.807) is 42.1 Å². The second kappa shape index (κ2) is 4.87. The molecule has 1 heterocycles. The number of phenolic OH excluding ortho intramolecular Hbond substituents is 1. The van der Waals surface area contributed by atoms with Gasteiger partial charge in [-0.1, -0.05) is 12.1 Å². The van der Waals surface area contributed by atoms with Crippen LogP contribution < -0.4 is 0 Å². The van der Waals surface area contributed by atoms with Crippen molar-refractivity contribution in [1.82, 2.24) is 15.0 Å². The summed E-state index contributed by atoms with van der Waals surface area (Å²) >= 11 is 0. The SMILES string of the molecule is CC(Cc1cn(-c2ccc(O)cc2)nn1)C(=O)O. The fourth-order valence-corrected chi connectivity index (χ4v) is 1.52. The molecule has 0 saturated heterocycles. The highest BCUT2D eigenvalue weighted by atomic mass is 16.4. The third kappa shape index (κ3) is 2.65. The summed E-state index contributed by atoms with van der Waals surface area (Å²) in [4.78, 5) is 10.7. The van der Waals surface area contributed by atoms with E-state index in [2.05, 4.69) is 10.3 Å². The molecule has 0 spiro atoms. The number of aromatic hydroxyl groups is 1. The molecule has 2 rings (SSSR count). The number of carbonyl (C=O) groups is 1. The summed E-state index contributed by atoms with van der Waals surface area (Å²) in [6, 6.07) is 6.51. The van der Waals surface area contributed by atoms with Crippen molar-refractivity contribution < 1.29 is 15.0 Å². The molecule has 6 nitrogen and oxygen atoms in total. The molecule has 0 fully saturated rings. The number of rotatable bonds is 4. The largest absolute Gasteiger partial charge is 0.508 e. The van der Waals surface area contributed by atoms with Crippen molar-refractivity contribution in [2.24, 2.45) is 5.92 Å². The Balaban J connectivity index is 2.15. The van der Waals surface area contributed by atoms with Crippen LogP contribution in [0, 0.1) is 5.92 Å². The molecule has 18 heavy (non-hydrogen) atoms. The number of hydrogen-bond donors (Lipinski definition) is 2. The summed E-state index contributed by atoms with van der Waals surface area (Å²) in [5, 5.41) is 25.8. The Labute approximate surface area is 103 Å². The molecule has 1 aromatic heterocycles. The third-order valence-electron chi connectivity index (χ3n) is 2.59. The van der Waals surface area contributed by atoms with E-state index in [1.165, 1.54) is 0 Å². The van der Waals surface area contributed by atoms with Crippen molar-refractivity contribution in [3.63, 3.8) is 0 Å². The van der Waals surface area contributed by atoms with E-state index in [-0.39, 0.29) is 5.75 Å². The normalized spacial score (nSPS) is 12.3. The van der Waals surface area contributed by atoms with Gasteiger partial charge in [0, 0.05) is 6.42 Å². The van der Waals surface area contributed by atoms with Crippen LogP contribution in [0.1, 0.15) is 12.6 Å². The number of aliphatic carboxylic acids is 1. The summed E-state index contributed by atoms with van der Waals surface area (Å²) in [7, 11) is 0. The number of carboxylic acid groups (broad SMARTS) is 1. The molecule has 94 valence electrons. The topological polar surface area (TPSA) is 88.2 Å². The van der Waals surface area contributed by atoms with Crippen molar-refractivity contribution in [2.45, 2.75) is 13.3 Å². The summed E-state index contributed by atoms with van der Waals surface area (Å²) < 4.78 is 1.54. The fourth-order valence-electron chi connectivity index (χ4n) is 1.52. The van der Waals surface area contributed by atoms with E-state index < -0.39 is 11.9 Å². The zero-order chi connectivity index (χ0) is 13.1. The van der Waals surface area contributed by atoms with Crippen molar-refractivity contribution in [3.05, 3.63) is 36.2 Å². The molecule has 1 atom stereocenters. The Morgan fingerprint density at radius 1 is 1.39 bits per heavy atom. The Hall–Kier alpha value is -2.37. The lowest BCUT2D eigenvalue weighted by Crippen LogP contribution is -2.12. The molecule has 0 aliphatic heterocycles. The number of hydrogen-bond acceptors (Lipinski definition) is 4. The Kier molecular flexibility index (Phi) is 3.27. The highest BCUT2D eigenvalue weighted by molar-refractivity contribution is 5.69. The number of phenols is 1. The molecule has 0 bridgehead atoms. The summed E-state index contributed by atoms with van der Waals surface area (Å²) in [5.41, 5.74) is 1.38. The van der Waals surface area contributed by atoms with Gasteiger partial charge in [-0.2, -0.15) is 0 Å². The molecule has 6 heteroatoms. The minimum atomic E-state index is -0.853. The number of benzene rings is 1. The van der Waals surface area contributed by atoms with Crippen LogP contribution in [0.5, 0.6) is 5.75 Å². The zero-order valence-electron chi connectivity index (χ0n) is 9.82. The fraction of sp³-hybridized carbons (Fsp3) is 0.250. The second-order valence-corrected chi connectivity index (χ2v) is 4.11. The van der Waals surface area contributed by atoms with Crippen molar-refractivity contribution in [2.75, 3.05) is 0 Å². The van der Waals surface area contributed by atoms with Gasteiger partial charge in [-0.25, -0.2) is 4.68 Å². The minimum Gasteiger partial charge on any atom is -0.508 e. The first-order chi connectivity index (χ1) is 8.56. The molecule has 2 N–H and O–H groups in total. The van der Waals surface area contributed by atoms with Crippen LogP contribution in [0.3, 0.4) is 0 Å². The molecular formula is C12H13N3O3. The molecule has 0 aliphatic carbocycles. The van der Waals surface area contributed by atoms with Gasteiger partial charge in [-0.05, 0) is 24.3 Å². The van der Waals surface area contributed by atoms with Gasteiger partial charge in [0.2, 0.25) is 0 Å². The molecule has 0 radical (unpaired) electrons. The average Bonchev–Trinajstić information content (AvgIpc) is 2.78. The van der Waals surface area contributed by atoms with E-state index in [9.17, 15) is 9.90 Å². The smallest absolute Gasteiger partial charge is 0.306 e. The summed E-state index contributed by atoms with van der Waals surface area (Å²) in [6.45, 7) is 1.63. The van der Waals surface area contributed by atoms with Gasteiger partial charge >= 0.3 is 5.97 Å². The van der Waals surface area contributed by atoms with Gasteiger partial charge in [-0.3, -0.25) is 4.79 Å². The predicted octanol–water partition coefficient (Wildman–Crippen LogP) is 1.24. The van der Waals surface area contributed by atoms with Gasteiger partial charge in [0.25, 0.3) is 0 Å². The number of carboxylic acids is 1. The Bertz CT molecular complexity index is 548. The first-order valence-electron chi connectivity index (χ1n) is 5.49. The van der Waals surface area contributed by atoms with Crippen LogP contribution in [0.4, 0.5) is 0 Å². The minimum absolute atomic E-state index is 0.179. The molecular weight excluding hydrogens is 234 g/mol. The predicted molar refractivity (Wildman–Crippen MR) is 63.5 cm³/mol. The quantitative estimate of drug-likeness (QED) is 0.848. The third-order valence-corrected chi connectivity index (χ3v) is 2.59. The van der Waals surface area contributed by atoms with Crippen molar-refractivity contribution in [3.8, 4) is 11.4 Å². The number of nitrogens with zero attached hydrogens (tertiary/aromatic N) is 3. The standard InChI is InChI=1S/C12H13N3O3/c1-8(12(17)18)6-9-7-15(14-13-9)10-2-4-11(16)5-3-10/h2-5,7-8,16H,6H2,1H3,(H,17,18). The highest BCUT2D eigenvalue weighted by Crippen LogP contribution is 2.14. The average molecular weight is 247 g/mol. The van der Waals surface area contributed by atoms with Crippen LogP contribution in [0.25, 0.3) is 5.69 Å². The lowest BCUT2D eigenvalue weighted by molar-refractivity contribution is -0.141. The van der Waals surface area contributed by atoms with Crippen molar-refractivity contribution in [1.29, 1.82) is 0 Å². The highest BCUT2D eigenvalue weighted by Gasteiger charge is 2.14. The molecule has 0 amide bonds. The summed E-state index contributed by atoms with van der Waals surface area (Å²) in [6.07, 6.45) is 2.03. The molecule has 0 saturated carbocycles. The van der Waals surface area contributed by atoms with E-state index in [0.29, 0.717) is 12.1 Å². The van der Waals surface area contributed by atoms with Gasteiger partial charge in [-0.15, -0.1) is 5.10 Å². The van der Waals surface area contributed by atoms with Crippen LogP contribution in [-0.2, 0) is 11.2 Å². The van der Waals surface area contributed by atoms with Crippen molar-refractivity contribution >= 4 is 5.97 Å². The van der Waals surface area contributed by atoms with Gasteiger partial charge < -0.3 is 10.2 Å². The van der Waals surface area contributed by atoms with Crippen LogP contribution in [0.15, 0.2) is 30.5 Å². The monoisotopic (exact) mass is 247 g/mol. The molecule has 1 aromatic carbocycles. The van der Waals surface area contributed by atoms with Crippen LogP contribution in [0.2, 0.25) is 0 Å². The summed E-state index contributed by atoms with van der Waals surface area (Å²) in [5.74, 6) is -1.16. The van der Waals surface area contributed by atoms with E-state index in [4.69, 9.17) is 5.11 Å². The maximum atomic E-state index is 10.7. The van der Waals surface area contributed by atoms with Gasteiger partial charge in [0.15, 0.2) is 0 Å². The van der Waals surface area contributed by atoms with Gasteiger partial charge in [0.1, 0.15) is 5.75 Å². The zero-order valence-corrected chi connectivity index (χ0v) is 9.82. The lowest BCUT2D eigenvalue weighted by Gasteiger charge is -2.01. The van der Waals surface area contributed by atoms with Crippen LogP contribution >= 0.6 is 0 Å².